The summed E-state index contributed by atoms with van der Waals surface area (Å²) in [5, 5.41) is 14.1. The molecule has 1 N–H and O–H groups in total. The van der Waals surface area contributed by atoms with Gasteiger partial charge in [0.2, 0.25) is 0 Å². The molecule has 8 nitrogen and oxygen atoms in total. The predicted octanol–water partition coefficient (Wildman–Crippen LogP) is 3.24. The number of fused-ring (bicyclic) bond motifs is 1. The number of carboxylic acid groups (broad SMARTS) is 1. The van der Waals surface area contributed by atoms with Crippen molar-refractivity contribution >= 4 is 28.4 Å². The Balaban J connectivity index is 1.65. The summed E-state index contributed by atoms with van der Waals surface area (Å²) in [5.74, 6) is -0.382. The highest BCUT2D eigenvalue weighted by atomic mass is 19.1. The van der Waals surface area contributed by atoms with Crippen molar-refractivity contribution in [1.29, 1.82) is 0 Å². The van der Waals surface area contributed by atoms with Gasteiger partial charge in [0.25, 0.3) is 5.95 Å². The number of hydrogen-bond acceptors (Lipinski definition) is 6. The fraction of sp³-hybridized carbons (Fsp3) is 0.429. The molecule has 3 aromatic rings. The molecule has 2 aliphatic rings. The van der Waals surface area contributed by atoms with Crippen LogP contribution in [0.3, 0.4) is 0 Å². The van der Waals surface area contributed by atoms with E-state index in [1.165, 1.54) is 29.6 Å². The third-order valence-corrected chi connectivity index (χ3v) is 5.87. The van der Waals surface area contributed by atoms with Gasteiger partial charge in [-0.05, 0) is 38.2 Å². The Morgan fingerprint density at radius 3 is 2.37 bits per heavy atom. The number of nitrogens with zero attached hydrogens (tertiary/aromatic N) is 6. The van der Waals surface area contributed by atoms with Gasteiger partial charge in [-0.25, -0.2) is 18.9 Å². The van der Waals surface area contributed by atoms with E-state index >= 15 is 4.39 Å². The van der Waals surface area contributed by atoms with Gasteiger partial charge < -0.3 is 14.9 Å². The van der Waals surface area contributed by atoms with Crippen molar-refractivity contribution in [1.82, 2.24) is 19.7 Å². The van der Waals surface area contributed by atoms with Gasteiger partial charge in [-0.2, -0.15) is 10.1 Å². The number of rotatable bonds is 4. The van der Waals surface area contributed by atoms with Gasteiger partial charge in [0.1, 0.15) is 11.6 Å². The Morgan fingerprint density at radius 2 is 1.67 bits per heavy atom. The first kappa shape index (κ1) is 18.8. The molecule has 2 aromatic heterocycles. The number of aromatic carboxylic acids is 1. The Labute approximate surface area is 172 Å². The normalized spacial score (nSPS) is 17.1. The van der Waals surface area contributed by atoms with E-state index in [1.54, 1.807) is 0 Å². The van der Waals surface area contributed by atoms with Crippen LogP contribution in [0.25, 0.3) is 16.9 Å². The number of benzene rings is 1. The molecule has 2 fully saturated rings. The van der Waals surface area contributed by atoms with E-state index in [0.29, 0.717) is 11.2 Å². The molecule has 0 unspecified atom stereocenters. The molecule has 5 rings (SSSR count). The van der Waals surface area contributed by atoms with E-state index in [9.17, 15) is 9.90 Å². The highest BCUT2D eigenvalue weighted by molar-refractivity contribution is 5.93. The fourth-order valence-electron chi connectivity index (χ4n) is 4.30. The van der Waals surface area contributed by atoms with E-state index in [2.05, 4.69) is 19.9 Å². The lowest BCUT2D eigenvalue weighted by molar-refractivity contribution is 0.0697. The van der Waals surface area contributed by atoms with Gasteiger partial charge in [0, 0.05) is 43.8 Å². The smallest absolute Gasteiger partial charge is 0.338 e. The van der Waals surface area contributed by atoms with Crippen LogP contribution in [0.4, 0.5) is 15.9 Å². The third kappa shape index (κ3) is 3.34. The quantitative estimate of drug-likeness (QED) is 0.706. The average Bonchev–Trinajstić information content (AvgIpc) is 3.45. The molecular formula is C21H23FN6O2. The molecule has 0 saturated carbocycles. The maximum atomic E-state index is 15.0. The molecule has 0 amide bonds. The second-order valence-corrected chi connectivity index (χ2v) is 7.89. The minimum absolute atomic E-state index is 0.0491. The Bertz CT molecular complexity index is 1100. The Kier molecular flexibility index (Phi) is 4.72. The summed E-state index contributed by atoms with van der Waals surface area (Å²) in [4.78, 5) is 24.7. The lowest BCUT2D eigenvalue weighted by Crippen LogP contribution is -2.30. The number of halogens is 1. The number of piperidine rings is 1. The summed E-state index contributed by atoms with van der Waals surface area (Å²) in [5.41, 5.74) is 1.15. The number of aromatic nitrogens is 4. The predicted molar refractivity (Wildman–Crippen MR) is 111 cm³/mol. The van der Waals surface area contributed by atoms with Crippen molar-refractivity contribution in [2.75, 3.05) is 36.0 Å². The van der Waals surface area contributed by atoms with E-state index in [1.807, 2.05) is 6.07 Å². The molecule has 156 valence electrons. The summed E-state index contributed by atoms with van der Waals surface area (Å²) >= 11 is 0. The Morgan fingerprint density at radius 1 is 0.967 bits per heavy atom. The van der Waals surface area contributed by atoms with Crippen molar-refractivity contribution in [2.24, 2.45) is 0 Å². The third-order valence-electron chi connectivity index (χ3n) is 5.87. The molecule has 0 radical (unpaired) electrons. The molecule has 2 saturated heterocycles. The van der Waals surface area contributed by atoms with E-state index < -0.39 is 5.97 Å². The van der Waals surface area contributed by atoms with Crippen LogP contribution in [0.5, 0.6) is 0 Å². The van der Waals surface area contributed by atoms with Gasteiger partial charge in [-0.3, -0.25) is 0 Å². The van der Waals surface area contributed by atoms with Crippen molar-refractivity contribution in [3.8, 4) is 5.95 Å². The van der Waals surface area contributed by atoms with Crippen LogP contribution >= 0.6 is 0 Å². The first-order chi connectivity index (χ1) is 14.6. The first-order valence-corrected chi connectivity index (χ1v) is 10.4. The van der Waals surface area contributed by atoms with Gasteiger partial charge in [0.15, 0.2) is 0 Å². The SMILES string of the molecule is O=C(O)c1cnn(-c2nc(N3CCCC3)c3cc(N4CCCCC4)c(F)cc3n2)c1. The second kappa shape index (κ2) is 7.55. The van der Waals surface area contributed by atoms with Gasteiger partial charge >= 0.3 is 5.97 Å². The number of carbonyl (C=O) groups is 1. The average molecular weight is 410 g/mol. The highest BCUT2D eigenvalue weighted by Crippen LogP contribution is 2.33. The fourth-order valence-corrected chi connectivity index (χ4v) is 4.30. The topological polar surface area (TPSA) is 87.4 Å². The second-order valence-electron chi connectivity index (χ2n) is 7.89. The lowest BCUT2D eigenvalue weighted by Gasteiger charge is -2.29. The molecule has 0 spiro atoms. The van der Waals surface area contributed by atoms with Crippen LogP contribution in [0, 0.1) is 5.82 Å². The van der Waals surface area contributed by atoms with E-state index in [-0.39, 0.29) is 17.3 Å². The molecule has 2 aliphatic heterocycles. The van der Waals surface area contributed by atoms with Crippen LogP contribution in [-0.4, -0.2) is 57.0 Å². The molecular weight excluding hydrogens is 387 g/mol. The highest BCUT2D eigenvalue weighted by Gasteiger charge is 2.23. The summed E-state index contributed by atoms with van der Waals surface area (Å²) in [6, 6.07) is 3.34. The zero-order valence-electron chi connectivity index (χ0n) is 16.6. The van der Waals surface area contributed by atoms with Crippen LogP contribution in [0.2, 0.25) is 0 Å². The monoisotopic (exact) mass is 410 g/mol. The number of anilines is 2. The van der Waals surface area contributed by atoms with Gasteiger partial charge in [0.05, 0.1) is 23.0 Å². The molecule has 0 bridgehead atoms. The standard InChI is InChI=1S/C21H23FN6O2/c22-16-11-17-15(10-18(16)26-6-2-1-3-7-26)19(27-8-4-5-9-27)25-21(24-17)28-13-14(12-23-28)20(29)30/h10-13H,1-9H2,(H,29,30). The molecule has 0 atom stereocenters. The summed E-state index contributed by atoms with van der Waals surface area (Å²) in [7, 11) is 0. The number of carboxylic acids is 1. The van der Waals surface area contributed by atoms with Crippen molar-refractivity contribution in [3.63, 3.8) is 0 Å². The molecule has 1 aromatic carbocycles. The van der Waals surface area contributed by atoms with Crippen molar-refractivity contribution in [2.45, 2.75) is 32.1 Å². The zero-order valence-corrected chi connectivity index (χ0v) is 16.6. The first-order valence-electron chi connectivity index (χ1n) is 10.4. The van der Waals surface area contributed by atoms with Crippen LogP contribution < -0.4 is 9.80 Å². The zero-order chi connectivity index (χ0) is 20.7. The summed E-state index contributed by atoms with van der Waals surface area (Å²) in [6.45, 7) is 3.46. The molecule has 4 heterocycles. The molecule has 9 heteroatoms. The maximum absolute atomic E-state index is 15.0. The van der Waals surface area contributed by atoms with E-state index in [4.69, 9.17) is 4.98 Å². The largest absolute Gasteiger partial charge is 0.478 e. The van der Waals surface area contributed by atoms with Crippen LogP contribution in [-0.2, 0) is 0 Å². The van der Waals surface area contributed by atoms with Crippen LogP contribution in [0.15, 0.2) is 24.5 Å². The van der Waals surface area contributed by atoms with Gasteiger partial charge in [-0.15, -0.1) is 0 Å². The summed E-state index contributed by atoms with van der Waals surface area (Å²) < 4.78 is 16.4. The number of hydrogen-bond donors (Lipinski definition) is 1. The minimum Gasteiger partial charge on any atom is -0.478 e. The minimum atomic E-state index is -1.07. The van der Waals surface area contributed by atoms with Crippen LogP contribution in [0.1, 0.15) is 42.5 Å². The Hall–Kier alpha value is -3.23. The maximum Gasteiger partial charge on any atom is 0.338 e. The van der Waals surface area contributed by atoms with Crippen molar-refractivity contribution in [3.05, 3.63) is 35.9 Å². The lowest BCUT2D eigenvalue weighted by atomic mass is 10.1. The molecule has 0 aliphatic carbocycles. The molecule has 30 heavy (non-hydrogen) atoms. The van der Waals surface area contributed by atoms with Gasteiger partial charge in [-0.1, -0.05) is 0 Å². The summed E-state index contributed by atoms with van der Waals surface area (Å²) in [6.07, 6.45) is 8.09. The van der Waals surface area contributed by atoms with Crippen molar-refractivity contribution < 1.29 is 14.3 Å². The van der Waals surface area contributed by atoms with E-state index in [0.717, 1.165) is 63.1 Å².